The van der Waals surface area contributed by atoms with Gasteiger partial charge in [0.15, 0.2) is 0 Å². The van der Waals surface area contributed by atoms with Crippen molar-refractivity contribution < 1.29 is 5.73 Å². The Morgan fingerprint density at radius 2 is 0.633 bits per heavy atom. The third-order valence-corrected chi connectivity index (χ3v) is 7.28. The molecule has 0 saturated heterocycles. The number of unbranched alkanes of at least 4 members (excludes halogenated alkanes) is 13. The van der Waals surface area contributed by atoms with Gasteiger partial charge in [-0.3, -0.25) is 0 Å². The molecule has 30 heavy (non-hydrogen) atoms. The van der Waals surface area contributed by atoms with Crippen LogP contribution in [0.3, 0.4) is 0 Å². The number of quaternary nitrogens is 1. The lowest BCUT2D eigenvalue weighted by molar-refractivity contribution is -0.368. The zero-order valence-electron chi connectivity index (χ0n) is 22.5. The van der Waals surface area contributed by atoms with Crippen molar-refractivity contribution in [2.45, 2.75) is 175 Å². The first-order valence-corrected chi connectivity index (χ1v) is 14.7. The van der Waals surface area contributed by atoms with Crippen molar-refractivity contribution >= 4 is 6.15 Å². The van der Waals surface area contributed by atoms with Crippen LogP contribution in [0.4, 0.5) is 0 Å². The van der Waals surface area contributed by atoms with Gasteiger partial charge in [0.1, 0.15) is 0 Å². The predicted octanol–water partition coefficient (Wildman–Crippen LogP) is 9.78. The van der Waals surface area contributed by atoms with E-state index in [0.717, 1.165) is 6.54 Å². The smallest absolute Gasteiger partial charge is 0.0739 e. The molecule has 0 rings (SSSR count). The molecule has 0 radical (unpaired) electrons. The van der Waals surface area contributed by atoms with E-state index >= 15 is 0 Å². The van der Waals surface area contributed by atoms with Gasteiger partial charge in [-0.05, 0) is 6.42 Å². The normalized spacial score (nSPS) is 11.4. The second kappa shape index (κ2) is 27.1. The van der Waals surface area contributed by atoms with Crippen molar-refractivity contribution in [1.82, 2.24) is 0 Å². The highest BCUT2D eigenvalue weighted by molar-refractivity contribution is 6.79. The van der Waals surface area contributed by atoms with Crippen LogP contribution in [0.2, 0.25) is 25.3 Å². The molecule has 3 N–H and O–H groups in total. The summed E-state index contributed by atoms with van der Waals surface area (Å²) < 4.78 is 0. The van der Waals surface area contributed by atoms with Crippen LogP contribution in [0.5, 0.6) is 0 Å². The monoisotopic (exact) mass is 426 g/mol. The SMILES string of the molecule is CCCCCC[B-](CCCCCC)(CCCCCC)CCCCCC.CCCC[NH3+]. The van der Waals surface area contributed by atoms with Crippen molar-refractivity contribution in [2.24, 2.45) is 0 Å². The van der Waals surface area contributed by atoms with Crippen molar-refractivity contribution in [3.8, 4) is 0 Å². The summed E-state index contributed by atoms with van der Waals surface area (Å²) >= 11 is 0. The fraction of sp³-hybridized carbons (Fsp3) is 1.00. The first-order chi connectivity index (χ1) is 14.7. The topological polar surface area (TPSA) is 27.6 Å². The highest BCUT2D eigenvalue weighted by Crippen LogP contribution is 2.35. The summed E-state index contributed by atoms with van der Waals surface area (Å²) in [5, 5.41) is 0. The maximum atomic E-state index is 3.68. The molecule has 0 aliphatic carbocycles. The molecule has 0 saturated carbocycles. The zero-order valence-corrected chi connectivity index (χ0v) is 22.5. The third-order valence-electron chi connectivity index (χ3n) is 7.28. The number of hydrogen-bond donors (Lipinski definition) is 1. The molecule has 0 aromatic heterocycles. The van der Waals surface area contributed by atoms with Crippen LogP contribution in [0.1, 0.15) is 150 Å². The summed E-state index contributed by atoms with van der Waals surface area (Å²) in [6, 6.07) is 0. The minimum Gasteiger partial charge on any atom is -0.358 e. The first-order valence-electron chi connectivity index (χ1n) is 14.7. The second-order valence-electron chi connectivity index (χ2n) is 10.3. The molecule has 0 unspecified atom stereocenters. The zero-order chi connectivity index (χ0) is 22.8. The lowest BCUT2D eigenvalue weighted by Gasteiger charge is -2.40. The predicted molar refractivity (Wildman–Crippen MR) is 144 cm³/mol. The number of hydrogen-bond acceptors (Lipinski definition) is 0. The molecule has 0 aromatic rings. The summed E-state index contributed by atoms with van der Waals surface area (Å²) in [7, 11) is 0. The van der Waals surface area contributed by atoms with Crippen LogP contribution in [0.15, 0.2) is 0 Å². The number of rotatable bonds is 22. The van der Waals surface area contributed by atoms with E-state index in [1.165, 1.54) is 116 Å². The van der Waals surface area contributed by atoms with E-state index < -0.39 is 0 Å². The van der Waals surface area contributed by atoms with Crippen molar-refractivity contribution in [2.75, 3.05) is 6.54 Å². The Bertz CT molecular complexity index is 237. The summed E-state index contributed by atoms with van der Waals surface area (Å²) in [4.78, 5) is 0. The summed E-state index contributed by atoms with van der Waals surface area (Å²) in [5.74, 6) is 0. The van der Waals surface area contributed by atoms with E-state index in [9.17, 15) is 0 Å². The quantitative estimate of drug-likeness (QED) is 0.132. The van der Waals surface area contributed by atoms with Crippen molar-refractivity contribution in [1.29, 1.82) is 0 Å². The van der Waals surface area contributed by atoms with Gasteiger partial charge >= 0.3 is 0 Å². The average Bonchev–Trinajstić information content (AvgIpc) is 2.76. The van der Waals surface area contributed by atoms with E-state index in [4.69, 9.17) is 0 Å². The van der Waals surface area contributed by atoms with Gasteiger partial charge < -0.3 is 5.73 Å². The molecule has 184 valence electrons. The summed E-state index contributed by atoms with van der Waals surface area (Å²) in [6.45, 7) is 12.6. The van der Waals surface area contributed by atoms with Gasteiger partial charge in [-0.15, -0.1) is 0 Å². The highest BCUT2D eigenvalue weighted by atomic mass is 14.5. The largest absolute Gasteiger partial charge is 0.358 e. The van der Waals surface area contributed by atoms with Crippen LogP contribution in [-0.2, 0) is 0 Å². The van der Waals surface area contributed by atoms with E-state index in [0.29, 0.717) is 0 Å². The molecule has 0 atom stereocenters. The fourth-order valence-electron chi connectivity index (χ4n) is 5.13. The Morgan fingerprint density at radius 1 is 0.367 bits per heavy atom. The van der Waals surface area contributed by atoms with E-state index in [1.807, 2.05) is 0 Å². The van der Waals surface area contributed by atoms with Gasteiger partial charge in [-0.1, -0.05) is 144 Å². The molecule has 0 heterocycles. The third kappa shape index (κ3) is 22.7. The minimum atomic E-state index is -0.0644. The molecule has 0 amide bonds. The summed E-state index contributed by atoms with van der Waals surface area (Å²) in [5.41, 5.74) is 3.68. The highest BCUT2D eigenvalue weighted by Gasteiger charge is 2.22. The standard InChI is InChI=1S/C24H52B.C4H11N/c1-5-9-13-17-21-25(22-18-14-10-6-2,23-19-15-11-7-3)24-20-16-12-8-4;1-2-3-4-5/h5-24H2,1-4H3;2-5H2,1H3/q-1;/p+1. The van der Waals surface area contributed by atoms with Gasteiger partial charge in [0.25, 0.3) is 0 Å². The molecule has 0 aliphatic heterocycles. The molecule has 1 nitrogen and oxygen atoms in total. The molecule has 0 spiro atoms. The molecule has 0 fully saturated rings. The van der Waals surface area contributed by atoms with Gasteiger partial charge in [0.05, 0.1) is 6.54 Å². The van der Waals surface area contributed by atoms with E-state index in [-0.39, 0.29) is 6.15 Å². The molecule has 2 heteroatoms. The van der Waals surface area contributed by atoms with Gasteiger partial charge in [0, 0.05) is 6.15 Å². The summed E-state index contributed by atoms with van der Waals surface area (Å²) in [6.07, 6.45) is 32.2. The van der Waals surface area contributed by atoms with E-state index in [2.05, 4.69) is 40.4 Å². The molecule has 0 aromatic carbocycles. The Balaban J connectivity index is 0. The first kappa shape index (κ1) is 32.2. The lowest BCUT2D eigenvalue weighted by atomic mass is 9.17. The van der Waals surface area contributed by atoms with Gasteiger partial charge in [-0.25, -0.2) is 0 Å². The Morgan fingerprint density at radius 3 is 0.800 bits per heavy atom. The van der Waals surface area contributed by atoms with Crippen molar-refractivity contribution in [3.63, 3.8) is 0 Å². The van der Waals surface area contributed by atoms with E-state index in [1.54, 1.807) is 25.3 Å². The Labute approximate surface area is 194 Å². The maximum Gasteiger partial charge on any atom is 0.0739 e. The van der Waals surface area contributed by atoms with Crippen LogP contribution in [-0.4, -0.2) is 12.7 Å². The van der Waals surface area contributed by atoms with Crippen LogP contribution >= 0.6 is 0 Å². The van der Waals surface area contributed by atoms with Crippen molar-refractivity contribution in [3.05, 3.63) is 0 Å². The average molecular weight is 426 g/mol. The Kier molecular flexibility index (Phi) is 29.0. The Hall–Kier alpha value is 0.0249. The molecule has 0 aliphatic rings. The fourth-order valence-corrected chi connectivity index (χ4v) is 5.13. The molecule has 0 bridgehead atoms. The van der Waals surface area contributed by atoms with Crippen LogP contribution < -0.4 is 5.73 Å². The van der Waals surface area contributed by atoms with Gasteiger partial charge in [0.2, 0.25) is 0 Å². The maximum absolute atomic E-state index is 3.68. The van der Waals surface area contributed by atoms with Crippen LogP contribution in [0.25, 0.3) is 0 Å². The van der Waals surface area contributed by atoms with Crippen LogP contribution in [0, 0.1) is 0 Å². The lowest BCUT2D eigenvalue weighted by Crippen LogP contribution is -2.49. The minimum absolute atomic E-state index is 0.0644. The molecular formula is C28H64BN. The second-order valence-corrected chi connectivity index (χ2v) is 10.3. The molecular weight excluding hydrogens is 361 g/mol. The van der Waals surface area contributed by atoms with Gasteiger partial charge in [-0.2, -0.15) is 25.3 Å².